The summed E-state index contributed by atoms with van der Waals surface area (Å²) < 4.78 is 10.3. The van der Waals surface area contributed by atoms with E-state index in [1.165, 1.54) is 7.11 Å². The number of para-hydroxylation sites is 2. The van der Waals surface area contributed by atoms with Crippen molar-refractivity contribution in [3.05, 3.63) is 59.2 Å². The minimum atomic E-state index is -0.502. The molecular weight excluding hydrogens is 342 g/mol. The van der Waals surface area contributed by atoms with Crippen LogP contribution in [0.15, 0.2) is 42.5 Å². The minimum absolute atomic E-state index is 0.196. The molecule has 0 bridgehead atoms. The molecule has 144 valence electrons. The predicted octanol–water partition coefficient (Wildman–Crippen LogP) is 4.74. The molecule has 1 N–H and O–H groups in total. The first-order valence-electron chi connectivity index (χ1n) is 9.08. The molecule has 27 heavy (non-hydrogen) atoms. The van der Waals surface area contributed by atoms with Crippen molar-refractivity contribution in [3.8, 4) is 5.75 Å². The first-order chi connectivity index (χ1) is 12.8. The Hall–Kier alpha value is -2.82. The van der Waals surface area contributed by atoms with Crippen LogP contribution in [0.4, 0.5) is 5.69 Å². The molecule has 0 aliphatic carbocycles. The molecule has 5 heteroatoms. The van der Waals surface area contributed by atoms with Gasteiger partial charge >= 0.3 is 5.97 Å². The molecule has 0 unspecified atom stereocenters. The molecule has 0 radical (unpaired) electrons. The number of carbonyl (C=O) groups excluding carboxylic acids is 2. The van der Waals surface area contributed by atoms with E-state index in [2.05, 4.69) is 33.0 Å². The fraction of sp³-hybridized carbons (Fsp3) is 0.364. The van der Waals surface area contributed by atoms with Gasteiger partial charge in [0, 0.05) is 5.69 Å². The maximum atomic E-state index is 12.5. The number of nitrogens with one attached hydrogen (secondary N) is 1. The molecule has 1 amide bonds. The molecule has 2 rings (SSSR count). The Morgan fingerprint density at radius 3 is 2.07 bits per heavy atom. The summed E-state index contributed by atoms with van der Waals surface area (Å²) in [5, 5.41) is 2.99. The Bertz CT molecular complexity index is 785. The van der Waals surface area contributed by atoms with E-state index >= 15 is 0 Å². The lowest BCUT2D eigenvalue weighted by Gasteiger charge is -2.20. The first kappa shape index (κ1) is 20.5. The van der Waals surface area contributed by atoms with E-state index in [9.17, 15) is 9.59 Å². The zero-order chi connectivity index (χ0) is 20.0. The molecule has 0 spiro atoms. The second-order valence-corrected chi connectivity index (χ2v) is 6.95. The van der Waals surface area contributed by atoms with Gasteiger partial charge < -0.3 is 14.8 Å². The van der Waals surface area contributed by atoms with Gasteiger partial charge in [-0.25, -0.2) is 4.79 Å². The Morgan fingerprint density at radius 1 is 0.926 bits per heavy atom. The van der Waals surface area contributed by atoms with Crippen molar-refractivity contribution in [2.75, 3.05) is 19.0 Å². The van der Waals surface area contributed by atoms with Gasteiger partial charge in [-0.1, -0.05) is 58.0 Å². The summed E-state index contributed by atoms with van der Waals surface area (Å²) in [4.78, 5) is 24.3. The summed E-state index contributed by atoms with van der Waals surface area (Å²) in [6, 6.07) is 12.8. The maximum Gasteiger partial charge on any atom is 0.341 e. The Labute approximate surface area is 160 Å². The first-order valence-corrected chi connectivity index (χ1v) is 9.08. The zero-order valence-electron chi connectivity index (χ0n) is 16.5. The van der Waals surface area contributed by atoms with E-state index in [0.717, 1.165) is 16.8 Å². The molecule has 0 aliphatic rings. The largest absolute Gasteiger partial charge is 0.483 e. The van der Waals surface area contributed by atoms with Crippen LogP contribution in [0.25, 0.3) is 0 Å². The smallest absolute Gasteiger partial charge is 0.341 e. The molecule has 0 fully saturated rings. The monoisotopic (exact) mass is 369 g/mol. The molecule has 5 nitrogen and oxygen atoms in total. The quantitative estimate of drug-likeness (QED) is 0.716. The number of anilines is 1. The van der Waals surface area contributed by atoms with Crippen LogP contribution in [0.3, 0.4) is 0 Å². The normalized spacial score (nSPS) is 10.8. The van der Waals surface area contributed by atoms with E-state index in [4.69, 9.17) is 9.47 Å². The van der Waals surface area contributed by atoms with Gasteiger partial charge in [0.15, 0.2) is 6.61 Å². The lowest BCUT2D eigenvalue weighted by molar-refractivity contribution is -0.118. The molecule has 0 heterocycles. The number of methoxy groups -OCH3 is 1. The fourth-order valence-corrected chi connectivity index (χ4v) is 2.89. The molecule has 0 saturated carbocycles. The van der Waals surface area contributed by atoms with E-state index < -0.39 is 5.97 Å². The lowest BCUT2D eigenvalue weighted by atomic mass is 9.92. The van der Waals surface area contributed by atoms with Crippen LogP contribution in [0.1, 0.15) is 61.0 Å². The number of hydrogen-bond donors (Lipinski definition) is 1. The van der Waals surface area contributed by atoms with Crippen molar-refractivity contribution in [1.82, 2.24) is 0 Å². The molecule has 0 aromatic heterocycles. The third kappa shape index (κ3) is 5.09. The molecular formula is C22H27NO4. The summed E-state index contributed by atoms with van der Waals surface area (Å²) >= 11 is 0. The van der Waals surface area contributed by atoms with Crippen LogP contribution in [0.5, 0.6) is 5.75 Å². The molecule has 0 saturated heterocycles. The van der Waals surface area contributed by atoms with Gasteiger partial charge in [-0.05, 0) is 35.1 Å². The predicted molar refractivity (Wildman–Crippen MR) is 107 cm³/mol. The number of hydrogen-bond acceptors (Lipinski definition) is 4. The van der Waals surface area contributed by atoms with Gasteiger partial charge in [-0.3, -0.25) is 4.79 Å². The summed E-state index contributed by atoms with van der Waals surface area (Å²) in [5.74, 6) is 0.101. The summed E-state index contributed by atoms with van der Waals surface area (Å²) in [5.41, 5.74) is 3.31. The van der Waals surface area contributed by atoms with Gasteiger partial charge in [0.2, 0.25) is 0 Å². The van der Waals surface area contributed by atoms with Crippen molar-refractivity contribution >= 4 is 17.6 Å². The van der Waals surface area contributed by atoms with Gasteiger partial charge in [-0.15, -0.1) is 0 Å². The van der Waals surface area contributed by atoms with Crippen LogP contribution in [0, 0.1) is 0 Å². The summed E-state index contributed by atoms with van der Waals surface area (Å²) in [7, 11) is 1.31. The van der Waals surface area contributed by atoms with Crippen molar-refractivity contribution < 1.29 is 19.1 Å². The lowest BCUT2D eigenvalue weighted by Crippen LogP contribution is -2.23. The van der Waals surface area contributed by atoms with Crippen molar-refractivity contribution in [2.45, 2.75) is 39.5 Å². The Kier molecular flexibility index (Phi) is 6.99. The van der Waals surface area contributed by atoms with Gasteiger partial charge in [0.25, 0.3) is 5.91 Å². The van der Waals surface area contributed by atoms with Crippen molar-refractivity contribution in [3.63, 3.8) is 0 Å². The van der Waals surface area contributed by atoms with Gasteiger partial charge in [0.1, 0.15) is 11.3 Å². The average Bonchev–Trinajstić information content (AvgIpc) is 2.65. The molecule has 0 aliphatic heterocycles. The van der Waals surface area contributed by atoms with Gasteiger partial charge in [-0.2, -0.15) is 0 Å². The molecule has 2 aromatic rings. The number of amides is 1. The zero-order valence-corrected chi connectivity index (χ0v) is 16.5. The highest BCUT2D eigenvalue weighted by Crippen LogP contribution is 2.32. The fourth-order valence-electron chi connectivity index (χ4n) is 2.89. The second kappa shape index (κ2) is 9.21. The van der Waals surface area contributed by atoms with Crippen LogP contribution in [-0.2, 0) is 9.53 Å². The van der Waals surface area contributed by atoms with Gasteiger partial charge in [0.05, 0.1) is 7.11 Å². The number of benzene rings is 2. The highest BCUT2D eigenvalue weighted by atomic mass is 16.5. The van der Waals surface area contributed by atoms with E-state index in [-0.39, 0.29) is 24.3 Å². The van der Waals surface area contributed by atoms with Crippen LogP contribution < -0.4 is 10.1 Å². The van der Waals surface area contributed by atoms with E-state index in [1.54, 1.807) is 24.3 Å². The van der Waals surface area contributed by atoms with Crippen LogP contribution >= 0.6 is 0 Å². The Balaban J connectivity index is 2.17. The molecule has 0 atom stereocenters. The highest BCUT2D eigenvalue weighted by molar-refractivity contribution is 5.95. The topological polar surface area (TPSA) is 64.6 Å². The van der Waals surface area contributed by atoms with Crippen LogP contribution in [0.2, 0.25) is 0 Å². The third-order valence-electron chi connectivity index (χ3n) is 4.29. The summed E-state index contributed by atoms with van der Waals surface area (Å²) in [6.07, 6.45) is 0. The SMILES string of the molecule is COC(=O)c1ccccc1OCC(=O)Nc1c(C(C)C)cccc1C(C)C. The minimum Gasteiger partial charge on any atom is -0.483 e. The number of carbonyl (C=O) groups is 2. The highest BCUT2D eigenvalue weighted by Gasteiger charge is 2.17. The maximum absolute atomic E-state index is 12.5. The Morgan fingerprint density at radius 2 is 1.52 bits per heavy atom. The van der Waals surface area contributed by atoms with Crippen molar-refractivity contribution in [1.29, 1.82) is 0 Å². The van der Waals surface area contributed by atoms with E-state index in [1.807, 2.05) is 18.2 Å². The second-order valence-electron chi connectivity index (χ2n) is 6.95. The standard InChI is InChI=1S/C22H27NO4/c1-14(2)16-10-8-11-17(15(3)4)21(16)23-20(24)13-27-19-12-7-6-9-18(19)22(25)26-5/h6-12,14-15H,13H2,1-5H3,(H,23,24). The van der Waals surface area contributed by atoms with Crippen molar-refractivity contribution in [2.24, 2.45) is 0 Å². The number of esters is 1. The summed E-state index contributed by atoms with van der Waals surface area (Å²) in [6.45, 7) is 8.19. The number of ether oxygens (including phenoxy) is 2. The average molecular weight is 369 g/mol. The third-order valence-corrected chi connectivity index (χ3v) is 4.29. The molecule has 2 aromatic carbocycles. The number of rotatable bonds is 7. The van der Waals surface area contributed by atoms with Crippen LogP contribution in [-0.4, -0.2) is 25.6 Å². The van der Waals surface area contributed by atoms with E-state index in [0.29, 0.717) is 11.3 Å².